The summed E-state index contributed by atoms with van der Waals surface area (Å²) in [5.74, 6) is 0.317. The van der Waals surface area contributed by atoms with Gasteiger partial charge in [-0.15, -0.1) is 15.3 Å². The largest absolute Gasteiger partial charge is 0.470 e. The van der Waals surface area contributed by atoms with Gasteiger partial charge in [0.1, 0.15) is 29.4 Å². The van der Waals surface area contributed by atoms with Crippen molar-refractivity contribution in [1.29, 1.82) is 0 Å². The molecule has 4 aromatic rings. The molecular formula is C18H16F2N8O. The van der Waals surface area contributed by atoms with Crippen molar-refractivity contribution < 1.29 is 13.5 Å². The van der Waals surface area contributed by atoms with Crippen LogP contribution in [-0.2, 0) is 20.7 Å². The molecule has 0 aliphatic carbocycles. The van der Waals surface area contributed by atoms with E-state index in [1.807, 2.05) is 19.3 Å². The van der Waals surface area contributed by atoms with E-state index in [-0.39, 0.29) is 12.2 Å². The van der Waals surface area contributed by atoms with Gasteiger partial charge in [0, 0.05) is 38.1 Å². The van der Waals surface area contributed by atoms with Crippen LogP contribution in [0.5, 0.6) is 5.88 Å². The van der Waals surface area contributed by atoms with Crippen molar-refractivity contribution in [1.82, 2.24) is 40.0 Å². The van der Waals surface area contributed by atoms with Crippen molar-refractivity contribution in [3.05, 3.63) is 54.0 Å². The van der Waals surface area contributed by atoms with E-state index in [0.717, 1.165) is 6.20 Å². The first-order valence-corrected chi connectivity index (χ1v) is 8.61. The fourth-order valence-corrected chi connectivity index (χ4v) is 2.64. The molecule has 0 aromatic carbocycles. The van der Waals surface area contributed by atoms with E-state index in [1.165, 1.54) is 16.8 Å². The zero-order valence-corrected chi connectivity index (χ0v) is 15.6. The average molecular weight is 398 g/mol. The number of ether oxygens (including phenoxy) is 1. The van der Waals surface area contributed by atoms with E-state index in [2.05, 4.69) is 30.6 Å². The highest BCUT2D eigenvalue weighted by atomic mass is 19.3. The molecule has 0 saturated heterocycles. The van der Waals surface area contributed by atoms with Crippen LogP contribution in [0.1, 0.15) is 17.7 Å². The van der Waals surface area contributed by atoms with Gasteiger partial charge in [-0.2, -0.15) is 5.10 Å². The van der Waals surface area contributed by atoms with Crippen LogP contribution in [0.25, 0.3) is 22.8 Å². The Morgan fingerprint density at radius 2 is 1.79 bits per heavy atom. The van der Waals surface area contributed by atoms with Gasteiger partial charge in [-0.25, -0.2) is 13.5 Å². The third-order valence-electron chi connectivity index (χ3n) is 4.20. The number of pyridine rings is 1. The molecule has 0 fully saturated rings. The Labute approximate surface area is 164 Å². The normalized spacial score (nSPS) is 11.2. The first kappa shape index (κ1) is 18.6. The lowest BCUT2D eigenvalue weighted by Crippen LogP contribution is -2.06. The summed E-state index contributed by atoms with van der Waals surface area (Å²) in [6.45, 7) is 0.106. The van der Waals surface area contributed by atoms with Crippen molar-refractivity contribution in [3.63, 3.8) is 0 Å². The Balaban J connectivity index is 1.49. The van der Waals surface area contributed by atoms with E-state index in [0.29, 0.717) is 34.3 Å². The maximum Gasteiger partial charge on any atom is 0.265 e. The standard InChI is InChI=1S/C18H16F2N8O/c1-27-8-7-13(25-27)12-5-6-16(23-22-12)29-10-15-17(24-26-28(15)2)14-4-3-11(9-21-14)18(19)20/h3-9,18H,10H2,1-2H3. The van der Waals surface area contributed by atoms with Gasteiger partial charge < -0.3 is 4.74 Å². The van der Waals surface area contributed by atoms with E-state index in [9.17, 15) is 8.78 Å². The third kappa shape index (κ3) is 3.93. The Morgan fingerprint density at radius 1 is 0.966 bits per heavy atom. The van der Waals surface area contributed by atoms with Gasteiger partial charge in [0.15, 0.2) is 0 Å². The molecule has 4 aromatic heterocycles. The molecule has 0 spiro atoms. The van der Waals surface area contributed by atoms with Gasteiger partial charge in [-0.1, -0.05) is 5.21 Å². The average Bonchev–Trinajstić information content (AvgIpc) is 3.32. The molecule has 0 bridgehead atoms. The molecule has 29 heavy (non-hydrogen) atoms. The molecule has 0 aliphatic heterocycles. The van der Waals surface area contributed by atoms with Crippen molar-refractivity contribution in [2.45, 2.75) is 13.0 Å². The molecule has 0 saturated carbocycles. The van der Waals surface area contributed by atoms with Gasteiger partial charge >= 0.3 is 0 Å². The summed E-state index contributed by atoms with van der Waals surface area (Å²) in [5, 5.41) is 20.5. The van der Waals surface area contributed by atoms with Crippen LogP contribution in [-0.4, -0.2) is 40.0 Å². The number of halogens is 2. The highest BCUT2D eigenvalue weighted by Crippen LogP contribution is 2.24. The zero-order valence-electron chi connectivity index (χ0n) is 15.6. The molecule has 0 unspecified atom stereocenters. The second-order valence-electron chi connectivity index (χ2n) is 6.21. The number of alkyl halides is 2. The van der Waals surface area contributed by atoms with E-state index >= 15 is 0 Å². The molecule has 11 heteroatoms. The number of hydrogen-bond donors (Lipinski definition) is 0. The Hall–Kier alpha value is -3.76. The summed E-state index contributed by atoms with van der Waals surface area (Å²) in [7, 11) is 3.53. The molecule has 0 amide bonds. The van der Waals surface area contributed by atoms with E-state index in [4.69, 9.17) is 4.74 Å². The molecule has 0 N–H and O–H groups in total. The summed E-state index contributed by atoms with van der Waals surface area (Å²) in [5.41, 5.74) is 2.69. The SMILES string of the molecule is Cn1ccc(-c2ccc(OCc3c(-c4ccc(C(F)F)cn4)nnn3C)nn2)n1. The summed E-state index contributed by atoms with van der Waals surface area (Å²) >= 11 is 0. The van der Waals surface area contributed by atoms with Crippen molar-refractivity contribution in [2.24, 2.45) is 14.1 Å². The van der Waals surface area contributed by atoms with Gasteiger partial charge in [0.05, 0.1) is 5.69 Å². The minimum Gasteiger partial charge on any atom is -0.470 e. The number of nitrogens with zero attached hydrogens (tertiary/aromatic N) is 8. The highest BCUT2D eigenvalue weighted by Gasteiger charge is 2.16. The predicted octanol–water partition coefficient (Wildman–Crippen LogP) is 2.58. The van der Waals surface area contributed by atoms with Crippen LogP contribution >= 0.6 is 0 Å². The first-order chi connectivity index (χ1) is 14.0. The quantitative estimate of drug-likeness (QED) is 0.492. The zero-order chi connectivity index (χ0) is 20.4. The van der Waals surface area contributed by atoms with Crippen LogP contribution in [0.15, 0.2) is 42.7 Å². The smallest absolute Gasteiger partial charge is 0.265 e. The summed E-state index contributed by atoms with van der Waals surface area (Å²) in [6.07, 6.45) is 0.371. The van der Waals surface area contributed by atoms with Crippen molar-refractivity contribution >= 4 is 0 Å². The monoisotopic (exact) mass is 398 g/mol. The molecule has 0 aliphatic rings. The van der Waals surface area contributed by atoms with Gasteiger partial charge in [-0.3, -0.25) is 9.67 Å². The molecule has 4 heterocycles. The lowest BCUT2D eigenvalue weighted by molar-refractivity contribution is 0.151. The Kier molecular flexibility index (Phi) is 4.94. The van der Waals surface area contributed by atoms with Crippen LogP contribution in [0.3, 0.4) is 0 Å². The van der Waals surface area contributed by atoms with Crippen LogP contribution in [0.2, 0.25) is 0 Å². The highest BCUT2D eigenvalue weighted by molar-refractivity contribution is 5.56. The summed E-state index contributed by atoms with van der Waals surface area (Å²) in [4.78, 5) is 4.06. The molecule has 148 valence electrons. The van der Waals surface area contributed by atoms with Gasteiger partial charge in [0.25, 0.3) is 6.43 Å². The van der Waals surface area contributed by atoms with Crippen molar-refractivity contribution in [2.75, 3.05) is 0 Å². The number of aryl methyl sites for hydroxylation is 2. The fraction of sp³-hybridized carbons (Fsp3) is 0.222. The summed E-state index contributed by atoms with van der Waals surface area (Å²) in [6, 6.07) is 8.09. The minimum absolute atomic E-state index is 0.106. The van der Waals surface area contributed by atoms with Crippen molar-refractivity contribution in [3.8, 4) is 28.7 Å². The van der Waals surface area contributed by atoms with Crippen LogP contribution < -0.4 is 4.74 Å². The van der Waals surface area contributed by atoms with Crippen LogP contribution in [0, 0.1) is 0 Å². The summed E-state index contributed by atoms with van der Waals surface area (Å²) < 4.78 is 34.4. The van der Waals surface area contributed by atoms with Gasteiger partial charge in [0.2, 0.25) is 5.88 Å². The molecular weight excluding hydrogens is 382 g/mol. The molecule has 4 rings (SSSR count). The van der Waals surface area contributed by atoms with Gasteiger partial charge in [-0.05, 0) is 24.3 Å². The predicted molar refractivity (Wildman–Crippen MR) is 97.8 cm³/mol. The Morgan fingerprint density at radius 3 is 2.41 bits per heavy atom. The lowest BCUT2D eigenvalue weighted by Gasteiger charge is -2.07. The third-order valence-corrected chi connectivity index (χ3v) is 4.20. The van der Waals surface area contributed by atoms with Crippen LogP contribution in [0.4, 0.5) is 8.78 Å². The molecule has 0 atom stereocenters. The fourth-order valence-electron chi connectivity index (χ4n) is 2.64. The first-order valence-electron chi connectivity index (χ1n) is 8.61. The maximum atomic E-state index is 12.7. The number of aromatic nitrogens is 8. The van der Waals surface area contributed by atoms with E-state index < -0.39 is 6.43 Å². The second-order valence-corrected chi connectivity index (χ2v) is 6.21. The molecule has 9 nitrogen and oxygen atoms in total. The Bertz CT molecular complexity index is 1110. The second kappa shape index (κ2) is 7.70. The maximum absolute atomic E-state index is 12.7. The van der Waals surface area contributed by atoms with E-state index in [1.54, 1.807) is 23.9 Å². The minimum atomic E-state index is -2.58. The number of hydrogen-bond acceptors (Lipinski definition) is 7. The number of rotatable bonds is 6. The topological polar surface area (TPSA) is 96.4 Å². The lowest BCUT2D eigenvalue weighted by atomic mass is 10.2. The molecule has 0 radical (unpaired) electrons.